The average molecular weight is 233 g/mol. The summed E-state index contributed by atoms with van der Waals surface area (Å²) in [7, 11) is 0. The van der Waals surface area contributed by atoms with Gasteiger partial charge in [0.1, 0.15) is 12.8 Å². The summed E-state index contributed by atoms with van der Waals surface area (Å²) in [6.45, 7) is 5.22. The van der Waals surface area contributed by atoms with E-state index in [0.29, 0.717) is 25.6 Å². The predicted octanol–water partition coefficient (Wildman–Crippen LogP) is 2.59. The highest BCUT2D eigenvalue weighted by Crippen LogP contribution is 2.24. The smallest absolute Gasteiger partial charge is 0.224 e. The highest BCUT2D eigenvalue weighted by Gasteiger charge is 2.27. The fourth-order valence-electron chi connectivity index (χ4n) is 2.01. The highest BCUT2D eigenvalue weighted by atomic mass is 16.5. The van der Waals surface area contributed by atoms with Gasteiger partial charge in [0.25, 0.3) is 0 Å². The monoisotopic (exact) mass is 233 g/mol. The van der Waals surface area contributed by atoms with Gasteiger partial charge in [-0.1, -0.05) is 44.2 Å². The molecule has 2 rings (SSSR count). The van der Waals surface area contributed by atoms with Gasteiger partial charge < -0.3 is 9.64 Å². The van der Waals surface area contributed by atoms with Gasteiger partial charge in [0.15, 0.2) is 0 Å². The van der Waals surface area contributed by atoms with Crippen LogP contribution < -0.4 is 0 Å². The van der Waals surface area contributed by atoms with Crippen LogP contribution in [0.25, 0.3) is 0 Å². The van der Waals surface area contributed by atoms with Crippen molar-refractivity contribution < 1.29 is 9.53 Å². The molecule has 3 heteroatoms. The fourth-order valence-corrected chi connectivity index (χ4v) is 2.01. The van der Waals surface area contributed by atoms with Crippen LogP contribution in [-0.2, 0) is 9.53 Å². The van der Waals surface area contributed by atoms with Crippen LogP contribution in [0.4, 0.5) is 0 Å². The Bertz CT molecular complexity index is 375. The van der Waals surface area contributed by atoms with E-state index in [0.717, 1.165) is 5.56 Å². The van der Waals surface area contributed by atoms with Crippen LogP contribution in [0.5, 0.6) is 0 Å². The van der Waals surface area contributed by atoms with Gasteiger partial charge in [-0.05, 0) is 11.5 Å². The Balaban J connectivity index is 1.94. The zero-order valence-corrected chi connectivity index (χ0v) is 10.4. The van der Waals surface area contributed by atoms with Gasteiger partial charge in [-0.15, -0.1) is 0 Å². The van der Waals surface area contributed by atoms with Gasteiger partial charge in [0.05, 0.1) is 6.54 Å². The molecule has 0 radical (unpaired) electrons. The molecule has 0 bridgehead atoms. The summed E-state index contributed by atoms with van der Waals surface area (Å²) in [5.41, 5.74) is 1.15. The minimum atomic E-state index is 0.0345. The molecule has 0 saturated carbocycles. The van der Waals surface area contributed by atoms with Gasteiger partial charge in [-0.3, -0.25) is 4.79 Å². The lowest BCUT2D eigenvalue weighted by molar-refractivity contribution is -0.132. The van der Waals surface area contributed by atoms with E-state index in [4.69, 9.17) is 4.74 Å². The van der Waals surface area contributed by atoms with Crippen LogP contribution in [0.3, 0.4) is 0 Å². The molecule has 0 aromatic heterocycles. The lowest BCUT2D eigenvalue weighted by atomic mass is 10.1. The molecule has 3 nitrogen and oxygen atoms in total. The summed E-state index contributed by atoms with van der Waals surface area (Å²) in [4.78, 5) is 13.7. The summed E-state index contributed by atoms with van der Waals surface area (Å²) in [6.07, 6.45) is 0.637. The first-order chi connectivity index (χ1) is 8.16. The molecule has 1 amide bonds. The summed E-state index contributed by atoms with van der Waals surface area (Å²) in [5, 5.41) is 0. The lowest BCUT2D eigenvalue weighted by Gasteiger charge is -2.15. The molecular weight excluding hydrogens is 214 g/mol. The molecule has 0 N–H and O–H groups in total. The van der Waals surface area contributed by atoms with Crippen molar-refractivity contribution in [3.63, 3.8) is 0 Å². The zero-order chi connectivity index (χ0) is 12.3. The first kappa shape index (κ1) is 12.1. The maximum Gasteiger partial charge on any atom is 0.224 e. The van der Waals surface area contributed by atoms with E-state index in [1.165, 1.54) is 0 Å². The number of hydrogen-bond acceptors (Lipinski definition) is 2. The van der Waals surface area contributed by atoms with Crippen molar-refractivity contribution in [3.8, 4) is 0 Å². The quantitative estimate of drug-likeness (QED) is 0.803. The maximum absolute atomic E-state index is 11.9. The van der Waals surface area contributed by atoms with Crippen molar-refractivity contribution >= 4 is 5.91 Å². The van der Waals surface area contributed by atoms with Gasteiger partial charge in [-0.25, -0.2) is 0 Å². The summed E-state index contributed by atoms with van der Waals surface area (Å²) < 4.78 is 5.66. The summed E-state index contributed by atoms with van der Waals surface area (Å²) >= 11 is 0. The largest absolute Gasteiger partial charge is 0.351 e. The minimum Gasteiger partial charge on any atom is -0.351 e. The van der Waals surface area contributed by atoms with E-state index >= 15 is 0 Å². The SMILES string of the molecule is CC(C)CC(=O)N1COC(c2ccccc2)C1. The van der Waals surface area contributed by atoms with Crippen LogP contribution in [0, 0.1) is 5.92 Å². The van der Waals surface area contributed by atoms with E-state index in [1.807, 2.05) is 30.3 Å². The second-order valence-electron chi connectivity index (χ2n) is 4.91. The maximum atomic E-state index is 11.9. The second-order valence-corrected chi connectivity index (χ2v) is 4.91. The molecule has 1 aliphatic heterocycles. The molecule has 1 heterocycles. The Kier molecular flexibility index (Phi) is 3.79. The molecule has 1 aromatic carbocycles. The Hall–Kier alpha value is -1.35. The van der Waals surface area contributed by atoms with E-state index in [2.05, 4.69) is 13.8 Å². The van der Waals surface area contributed by atoms with Gasteiger partial charge >= 0.3 is 0 Å². The van der Waals surface area contributed by atoms with E-state index in [-0.39, 0.29) is 12.0 Å². The van der Waals surface area contributed by atoms with Crippen molar-refractivity contribution in [2.24, 2.45) is 5.92 Å². The Morgan fingerprint density at radius 2 is 2.12 bits per heavy atom. The molecule has 1 saturated heterocycles. The first-order valence-corrected chi connectivity index (χ1v) is 6.11. The number of nitrogens with zero attached hydrogens (tertiary/aromatic N) is 1. The molecule has 1 aromatic rings. The van der Waals surface area contributed by atoms with Crippen molar-refractivity contribution in [1.29, 1.82) is 0 Å². The van der Waals surface area contributed by atoms with Crippen molar-refractivity contribution in [1.82, 2.24) is 4.90 Å². The fraction of sp³-hybridized carbons (Fsp3) is 0.500. The van der Waals surface area contributed by atoms with Gasteiger partial charge in [0.2, 0.25) is 5.91 Å². The van der Waals surface area contributed by atoms with E-state index in [1.54, 1.807) is 4.90 Å². The average Bonchev–Trinajstić information content (AvgIpc) is 2.78. The summed E-state index contributed by atoms with van der Waals surface area (Å²) in [5.74, 6) is 0.594. The Morgan fingerprint density at radius 3 is 2.76 bits per heavy atom. The number of carbonyl (C=O) groups is 1. The number of rotatable bonds is 3. The van der Waals surface area contributed by atoms with Crippen molar-refractivity contribution in [3.05, 3.63) is 35.9 Å². The molecule has 0 aliphatic carbocycles. The highest BCUT2D eigenvalue weighted by molar-refractivity contribution is 5.76. The molecule has 1 atom stereocenters. The van der Waals surface area contributed by atoms with Crippen molar-refractivity contribution in [2.75, 3.05) is 13.3 Å². The summed E-state index contributed by atoms with van der Waals surface area (Å²) in [6, 6.07) is 10.1. The third-order valence-corrected chi connectivity index (χ3v) is 2.92. The van der Waals surface area contributed by atoms with Gasteiger partial charge in [-0.2, -0.15) is 0 Å². The molecule has 1 aliphatic rings. The zero-order valence-electron chi connectivity index (χ0n) is 10.4. The third kappa shape index (κ3) is 3.07. The first-order valence-electron chi connectivity index (χ1n) is 6.11. The number of benzene rings is 1. The number of amides is 1. The van der Waals surface area contributed by atoms with Crippen LogP contribution in [0.1, 0.15) is 31.9 Å². The topological polar surface area (TPSA) is 29.5 Å². The van der Waals surface area contributed by atoms with Crippen LogP contribution >= 0.6 is 0 Å². The third-order valence-electron chi connectivity index (χ3n) is 2.92. The Labute approximate surface area is 102 Å². The molecule has 0 spiro atoms. The molecular formula is C14H19NO2. The van der Waals surface area contributed by atoms with E-state index < -0.39 is 0 Å². The predicted molar refractivity (Wildman–Crippen MR) is 66.3 cm³/mol. The van der Waals surface area contributed by atoms with E-state index in [9.17, 15) is 4.79 Å². The lowest BCUT2D eigenvalue weighted by Crippen LogP contribution is -2.29. The molecule has 92 valence electrons. The standard InChI is InChI=1S/C14H19NO2/c1-11(2)8-14(16)15-9-13(17-10-15)12-6-4-3-5-7-12/h3-7,11,13H,8-10H2,1-2H3. The van der Waals surface area contributed by atoms with Gasteiger partial charge in [0, 0.05) is 6.42 Å². The van der Waals surface area contributed by atoms with Crippen molar-refractivity contribution in [2.45, 2.75) is 26.4 Å². The molecule has 17 heavy (non-hydrogen) atoms. The number of ether oxygens (including phenoxy) is 1. The molecule has 1 fully saturated rings. The molecule has 1 unspecified atom stereocenters. The van der Waals surface area contributed by atoms with Crippen LogP contribution in [-0.4, -0.2) is 24.1 Å². The number of carbonyl (C=O) groups excluding carboxylic acids is 1. The number of hydrogen-bond donors (Lipinski definition) is 0. The normalized spacial score (nSPS) is 19.9. The minimum absolute atomic E-state index is 0.0345. The Morgan fingerprint density at radius 1 is 1.41 bits per heavy atom. The second kappa shape index (κ2) is 5.32. The van der Waals surface area contributed by atoms with Crippen LogP contribution in [0.15, 0.2) is 30.3 Å². The van der Waals surface area contributed by atoms with Crippen LogP contribution in [0.2, 0.25) is 0 Å².